The van der Waals surface area contributed by atoms with Crippen LogP contribution in [0.15, 0.2) is 60.9 Å². The maximum Gasteiger partial charge on any atom is 0.252 e. The molecule has 11 heteroatoms. The van der Waals surface area contributed by atoms with E-state index in [1.54, 1.807) is 35.8 Å². The number of aliphatic hydroxyl groups excluding tert-OH is 2. The first kappa shape index (κ1) is 29.2. The molecule has 0 aliphatic rings. The van der Waals surface area contributed by atoms with Crippen LogP contribution in [0.2, 0.25) is 5.02 Å². The number of aliphatic hydroxyl groups is 2. The third-order valence-electron chi connectivity index (χ3n) is 7.06. The quantitative estimate of drug-likeness (QED) is 0.161. The van der Waals surface area contributed by atoms with Crippen LogP contribution >= 0.6 is 11.6 Å². The number of anilines is 1. The van der Waals surface area contributed by atoms with Gasteiger partial charge in [-0.2, -0.15) is 9.61 Å². The van der Waals surface area contributed by atoms with Crippen molar-refractivity contribution in [2.24, 2.45) is 7.05 Å². The highest BCUT2D eigenvalue weighted by molar-refractivity contribution is 6.34. The van der Waals surface area contributed by atoms with Crippen molar-refractivity contribution in [3.63, 3.8) is 0 Å². The lowest BCUT2D eigenvalue weighted by Gasteiger charge is -2.13. The van der Waals surface area contributed by atoms with Gasteiger partial charge in [0.15, 0.2) is 5.65 Å². The predicted molar refractivity (Wildman–Crippen MR) is 163 cm³/mol. The highest BCUT2D eigenvalue weighted by Gasteiger charge is 2.20. The Balaban J connectivity index is 1.49. The first-order valence-corrected chi connectivity index (χ1v) is 14.2. The lowest BCUT2D eigenvalue weighted by atomic mass is 10.0. The van der Waals surface area contributed by atoms with Crippen molar-refractivity contribution in [1.82, 2.24) is 29.5 Å². The molecule has 42 heavy (non-hydrogen) atoms. The molecule has 1 unspecified atom stereocenters. The molecule has 0 aliphatic carbocycles. The van der Waals surface area contributed by atoms with Crippen LogP contribution in [-0.4, -0.2) is 53.4 Å². The summed E-state index contributed by atoms with van der Waals surface area (Å²) < 4.78 is 3.70. The molecule has 10 nitrogen and oxygen atoms in total. The fraction of sp³-hybridized carbons (Fsp3) is 0.290. The van der Waals surface area contributed by atoms with E-state index < -0.39 is 6.10 Å². The van der Waals surface area contributed by atoms with Crippen LogP contribution in [-0.2, 0) is 13.6 Å². The molecule has 4 N–H and O–H groups in total. The van der Waals surface area contributed by atoms with Gasteiger partial charge < -0.3 is 25.4 Å². The van der Waals surface area contributed by atoms with E-state index in [1.807, 2.05) is 49.0 Å². The van der Waals surface area contributed by atoms with E-state index in [2.05, 4.69) is 21.7 Å². The van der Waals surface area contributed by atoms with E-state index in [0.29, 0.717) is 59.4 Å². The Morgan fingerprint density at radius 2 is 1.95 bits per heavy atom. The second-order valence-corrected chi connectivity index (χ2v) is 10.6. The minimum Gasteiger partial charge on any atom is -0.396 e. The molecule has 2 aromatic carbocycles. The minimum atomic E-state index is -0.809. The number of benzene rings is 2. The molecular weight excluding hydrogens is 554 g/mol. The number of rotatable bonds is 11. The number of unbranched alkanes of at least 4 members (excludes halogenated alkanes) is 1. The van der Waals surface area contributed by atoms with E-state index in [1.165, 1.54) is 0 Å². The fourth-order valence-corrected chi connectivity index (χ4v) is 5.07. The molecule has 0 saturated heterocycles. The number of amides is 1. The Hall–Kier alpha value is -4.25. The summed E-state index contributed by atoms with van der Waals surface area (Å²) in [6.45, 7) is 4.58. The van der Waals surface area contributed by atoms with Gasteiger partial charge in [0.2, 0.25) is 0 Å². The van der Waals surface area contributed by atoms with Crippen molar-refractivity contribution in [2.45, 2.75) is 39.3 Å². The molecule has 3 heterocycles. The number of nitrogens with zero attached hydrogens (tertiary/aromatic N) is 5. The van der Waals surface area contributed by atoms with Gasteiger partial charge in [-0.3, -0.25) is 4.79 Å². The summed E-state index contributed by atoms with van der Waals surface area (Å²) in [6, 6.07) is 15.2. The average Bonchev–Trinajstić information content (AvgIpc) is 3.56. The third kappa shape index (κ3) is 6.15. The van der Waals surface area contributed by atoms with Crippen molar-refractivity contribution in [2.75, 3.05) is 18.5 Å². The molecule has 0 bridgehead atoms. The summed E-state index contributed by atoms with van der Waals surface area (Å²) in [6.07, 6.45) is 4.16. The average molecular weight is 588 g/mol. The van der Waals surface area contributed by atoms with Gasteiger partial charge in [0.1, 0.15) is 11.6 Å². The maximum atomic E-state index is 12.9. The molecule has 0 aliphatic heterocycles. The normalized spacial score (nSPS) is 12.0. The van der Waals surface area contributed by atoms with Gasteiger partial charge in [-0.15, -0.1) is 0 Å². The minimum absolute atomic E-state index is 0.0792. The Morgan fingerprint density at radius 1 is 1.12 bits per heavy atom. The Morgan fingerprint density at radius 3 is 2.69 bits per heavy atom. The van der Waals surface area contributed by atoms with Crippen LogP contribution in [0.3, 0.4) is 0 Å². The van der Waals surface area contributed by atoms with E-state index in [4.69, 9.17) is 26.8 Å². The van der Waals surface area contributed by atoms with Crippen LogP contribution in [0, 0.1) is 6.92 Å². The molecule has 0 radical (unpaired) electrons. The van der Waals surface area contributed by atoms with Crippen molar-refractivity contribution in [3.8, 4) is 22.5 Å². The van der Waals surface area contributed by atoms with Crippen molar-refractivity contribution >= 4 is 29.0 Å². The molecule has 5 rings (SSSR count). The zero-order chi connectivity index (χ0) is 29.8. The summed E-state index contributed by atoms with van der Waals surface area (Å²) in [4.78, 5) is 22.1. The molecule has 5 aromatic rings. The molecular formula is C31H34ClN7O3. The SMILES string of the molecule is Cc1nn2c(NCc3cccc(-c4nccn4C)c3)cc(C(C)O)nc2c1-c1ccc(Cl)c(C(=O)NCCCCO)c1. The van der Waals surface area contributed by atoms with Gasteiger partial charge in [-0.05, 0) is 56.0 Å². The summed E-state index contributed by atoms with van der Waals surface area (Å²) in [5, 5.41) is 30.9. The molecule has 0 saturated carbocycles. The number of aryl methyl sites for hydroxylation is 2. The number of hydrogen-bond acceptors (Lipinski definition) is 7. The Kier molecular flexibility index (Phi) is 8.86. The van der Waals surface area contributed by atoms with Crippen LogP contribution in [0.5, 0.6) is 0 Å². The van der Waals surface area contributed by atoms with E-state index >= 15 is 0 Å². The number of carbonyl (C=O) groups is 1. The lowest BCUT2D eigenvalue weighted by Crippen LogP contribution is -2.25. The van der Waals surface area contributed by atoms with Crippen molar-refractivity contribution in [1.29, 1.82) is 0 Å². The van der Waals surface area contributed by atoms with Gasteiger partial charge in [0, 0.05) is 56.3 Å². The molecule has 1 amide bonds. The third-order valence-corrected chi connectivity index (χ3v) is 7.39. The van der Waals surface area contributed by atoms with Crippen molar-refractivity contribution < 1.29 is 15.0 Å². The Bertz CT molecular complexity index is 1730. The smallest absolute Gasteiger partial charge is 0.252 e. The molecule has 0 spiro atoms. The van der Waals surface area contributed by atoms with Crippen LogP contribution in [0.4, 0.5) is 5.82 Å². The number of aromatic nitrogens is 5. The Labute approximate surface area is 249 Å². The summed E-state index contributed by atoms with van der Waals surface area (Å²) in [7, 11) is 1.96. The summed E-state index contributed by atoms with van der Waals surface area (Å²) in [5.74, 6) is 1.26. The van der Waals surface area contributed by atoms with E-state index in [0.717, 1.165) is 28.1 Å². The number of fused-ring (bicyclic) bond motifs is 1. The highest BCUT2D eigenvalue weighted by Crippen LogP contribution is 2.33. The maximum absolute atomic E-state index is 12.9. The zero-order valence-corrected chi connectivity index (χ0v) is 24.6. The van der Waals surface area contributed by atoms with E-state index in [9.17, 15) is 9.90 Å². The predicted octanol–water partition coefficient (Wildman–Crippen LogP) is 4.93. The lowest BCUT2D eigenvalue weighted by molar-refractivity contribution is 0.0952. The number of imidazole rings is 1. The van der Waals surface area contributed by atoms with Crippen LogP contribution in [0.1, 0.15) is 53.2 Å². The van der Waals surface area contributed by atoms with Crippen molar-refractivity contribution in [3.05, 3.63) is 88.5 Å². The standard InChI is InChI=1S/C31H34ClN7O3/c1-19-28(22-9-10-25(32)24(16-22)31(42)34-11-4-5-14-40)30-36-26(20(2)41)17-27(39(30)37-19)35-18-21-7-6-8-23(15-21)29-33-12-13-38(29)3/h6-10,12-13,15-17,20,35,40-41H,4-5,11,14,18H2,1-3H3,(H,34,42). The van der Waals surface area contributed by atoms with Gasteiger partial charge in [0.05, 0.1) is 28.1 Å². The largest absolute Gasteiger partial charge is 0.396 e. The van der Waals surface area contributed by atoms with Gasteiger partial charge >= 0.3 is 0 Å². The number of nitrogens with one attached hydrogen (secondary N) is 2. The highest BCUT2D eigenvalue weighted by atomic mass is 35.5. The second kappa shape index (κ2) is 12.7. The number of hydrogen-bond donors (Lipinski definition) is 4. The van der Waals surface area contributed by atoms with Crippen LogP contribution < -0.4 is 10.6 Å². The monoisotopic (exact) mass is 587 g/mol. The second-order valence-electron chi connectivity index (χ2n) is 10.2. The first-order valence-electron chi connectivity index (χ1n) is 13.8. The summed E-state index contributed by atoms with van der Waals surface area (Å²) in [5.41, 5.74) is 5.63. The number of halogens is 1. The first-order chi connectivity index (χ1) is 20.3. The topological polar surface area (TPSA) is 130 Å². The van der Waals surface area contributed by atoms with Gasteiger partial charge in [-0.25, -0.2) is 9.97 Å². The molecule has 218 valence electrons. The molecule has 3 aromatic heterocycles. The molecule has 1 atom stereocenters. The van der Waals surface area contributed by atoms with Gasteiger partial charge in [-0.1, -0.05) is 35.9 Å². The van der Waals surface area contributed by atoms with Gasteiger partial charge in [0.25, 0.3) is 5.91 Å². The fourth-order valence-electron chi connectivity index (χ4n) is 4.87. The molecule has 0 fully saturated rings. The summed E-state index contributed by atoms with van der Waals surface area (Å²) >= 11 is 6.41. The van der Waals surface area contributed by atoms with E-state index in [-0.39, 0.29) is 12.5 Å². The zero-order valence-electron chi connectivity index (χ0n) is 23.8. The van der Waals surface area contributed by atoms with Crippen LogP contribution in [0.25, 0.3) is 28.2 Å². The number of carbonyl (C=O) groups excluding carboxylic acids is 1.